The molecule has 28 heavy (non-hydrogen) atoms. The van der Waals surface area contributed by atoms with Gasteiger partial charge in [-0.15, -0.1) is 22.0 Å². The van der Waals surface area contributed by atoms with Crippen molar-refractivity contribution in [2.45, 2.75) is 37.5 Å². The molecular formula is C7Cl8F8O5. The zero-order chi connectivity index (χ0) is 23.0. The molecule has 0 fully saturated rings. The molecular weight excluding hydrogens is 600 g/mol. The number of hydrogen-bond donors (Lipinski definition) is 0. The fourth-order valence-corrected chi connectivity index (χ4v) is 2.31. The first kappa shape index (κ1) is 29.6. The lowest BCUT2D eigenvalue weighted by molar-refractivity contribution is -0.601. The Balaban J connectivity index is 6.26. The minimum Gasteiger partial charge on any atom is -0.274 e. The van der Waals surface area contributed by atoms with Crippen LogP contribution in [0.2, 0.25) is 0 Å². The van der Waals surface area contributed by atoms with Crippen LogP contribution in [0, 0.1) is 0 Å². The number of hydrogen-bond acceptors (Lipinski definition) is 5. The fourth-order valence-electron chi connectivity index (χ4n) is 1.01. The molecule has 0 heterocycles. The smallest absolute Gasteiger partial charge is 0.274 e. The lowest BCUT2D eigenvalue weighted by Gasteiger charge is -2.40. The van der Waals surface area contributed by atoms with E-state index in [1.54, 1.807) is 0 Å². The molecule has 0 saturated carbocycles. The maximum atomic E-state index is 13.3. The van der Waals surface area contributed by atoms with Crippen molar-refractivity contribution in [3.8, 4) is 0 Å². The predicted molar refractivity (Wildman–Crippen MR) is 80.2 cm³/mol. The number of alkyl halides is 16. The Hall–Kier alpha value is 1.56. The van der Waals surface area contributed by atoms with Gasteiger partial charge in [0.15, 0.2) is 0 Å². The van der Waals surface area contributed by atoms with Gasteiger partial charge in [-0.1, -0.05) is 69.6 Å². The highest BCUT2D eigenvalue weighted by Gasteiger charge is 2.71. The van der Waals surface area contributed by atoms with Gasteiger partial charge in [0.1, 0.15) is 0 Å². The Morgan fingerprint density at radius 1 is 0.464 bits per heavy atom. The van der Waals surface area contributed by atoms with E-state index >= 15 is 0 Å². The monoisotopic (exact) mass is 596 g/mol. The van der Waals surface area contributed by atoms with Gasteiger partial charge in [-0.25, -0.2) is 9.47 Å². The molecule has 170 valence electrons. The van der Waals surface area contributed by atoms with Crippen LogP contribution in [0.3, 0.4) is 0 Å². The second-order valence-electron chi connectivity index (χ2n) is 3.83. The second kappa shape index (κ2) is 9.20. The van der Waals surface area contributed by atoms with Crippen LogP contribution in [0.4, 0.5) is 35.1 Å². The van der Waals surface area contributed by atoms with Gasteiger partial charge in [0, 0.05) is 0 Å². The Labute approximate surface area is 188 Å². The van der Waals surface area contributed by atoms with Gasteiger partial charge in [-0.2, -0.15) is 13.2 Å². The standard InChI is InChI=1S/C7Cl8F8O5/c8-3(9,10)24-2(1(16,17)18,25-5(14,15)27-4(11,12)13)26-7(22,23)28-6(19,20)21. The number of halogens is 16. The van der Waals surface area contributed by atoms with Crippen molar-refractivity contribution < 1.29 is 58.8 Å². The number of rotatable bonds is 7. The zero-order valence-electron chi connectivity index (χ0n) is 11.6. The topological polar surface area (TPSA) is 46.2 Å². The Bertz CT molecular complexity index is 499. The molecule has 5 nitrogen and oxygen atoms in total. The maximum Gasteiger partial charge on any atom is 0.529 e. The van der Waals surface area contributed by atoms with E-state index in [9.17, 15) is 35.1 Å². The lowest BCUT2D eigenvalue weighted by Crippen LogP contribution is -2.61. The van der Waals surface area contributed by atoms with E-state index in [4.69, 9.17) is 92.8 Å². The summed E-state index contributed by atoms with van der Waals surface area (Å²) in [4.78, 5) is 0. The van der Waals surface area contributed by atoms with Crippen molar-refractivity contribution in [3.63, 3.8) is 0 Å². The van der Waals surface area contributed by atoms with Gasteiger partial charge < -0.3 is 0 Å². The summed E-state index contributed by atoms with van der Waals surface area (Å²) in [5.41, 5.74) is 0. The highest BCUT2D eigenvalue weighted by Crippen LogP contribution is 2.51. The average Bonchev–Trinajstić information content (AvgIpc) is 2.13. The summed E-state index contributed by atoms with van der Waals surface area (Å²) in [7, 11) is 0. The van der Waals surface area contributed by atoms with E-state index in [-0.39, 0.29) is 0 Å². The third-order valence-corrected chi connectivity index (χ3v) is 2.34. The fraction of sp³-hybridized carbons (Fsp3) is 1.00. The molecule has 0 aromatic rings. The van der Waals surface area contributed by atoms with Crippen molar-refractivity contribution in [1.82, 2.24) is 0 Å². The van der Waals surface area contributed by atoms with E-state index in [1.807, 2.05) is 0 Å². The largest absolute Gasteiger partial charge is 0.529 e. The molecule has 0 spiro atoms. The normalized spacial score (nSPS) is 17.6. The van der Waals surface area contributed by atoms with Crippen molar-refractivity contribution >= 4 is 92.8 Å². The summed E-state index contributed by atoms with van der Waals surface area (Å²) < 4.78 is 108. The highest BCUT2D eigenvalue weighted by molar-refractivity contribution is 6.67. The molecule has 0 N–H and O–H groups in total. The van der Waals surface area contributed by atoms with Crippen LogP contribution >= 0.6 is 92.8 Å². The van der Waals surface area contributed by atoms with E-state index < -0.39 is 37.5 Å². The molecule has 0 radical (unpaired) electrons. The van der Waals surface area contributed by atoms with Crippen LogP contribution in [-0.2, 0) is 23.7 Å². The van der Waals surface area contributed by atoms with Crippen molar-refractivity contribution in [2.75, 3.05) is 0 Å². The molecule has 0 aliphatic carbocycles. The van der Waals surface area contributed by atoms with Gasteiger partial charge in [-0.05, 0) is 23.2 Å². The van der Waals surface area contributed by atoms with Crippen LogP contribution in [0.25, 0.3) is 0 Å². The summed E-state index contributed by atoms with van der Waals surface area (Å²) in [6, 6.07) is 0. The predicted octanol–water partition coefficient (Wildman–Crippen LogP) is 7.10. The van der Waals surface area contributed by atoms with E-state index in [2.05, 4.69) is 23.7 Å². The molecule has 0 aromatic heterocycles. The molecule has 1 atom stereocenters. The van der Waals surface area contributed by atoms with Crippen molar-refractivity contribution in [1.29, 1.82) is 0 Å². The molecule has 0 amide bonds. The lowest BCUT2D eigenvalue weighted by atomic mass is 10.5. The Morgan fingerprint density at radius 2 is 0.857 bits per heavy atom. The van der Waals surface area contributed by atoms with E-state index in [0.717, 1.165) is 0 Å². The van der Waals surface area contributed by atoms with Crippen LogP contribution in [-0.4, -0.2) is 37.5 Å². The number of ether oxygens (including phenoxy) is 5. The quantitative estimate of drug-likeness (QED) is 0.178. The molecule has 0 saturated heterocycles. The minimum atomic E-state index is -6.44. The molecule has 1 unspecified atom stereocenters. The first-order chi connectivity index (χ1) is 11.8. The van der Waals surface area contributed by atoms with Crippen LogP contribution in [0.1, 0.15) is 0 Å². The summed E-state index contributed by atoms with van der Waals surface area (Å²) in [5.74, 6) is -5.51. The Kier molecular flexibility index (Phi) is 9.71. The summed E-state index contributed by atoms with van der Waals surface area (Å²) >= 11 is 39.8. The molecule has 0 aliphatic heterocycles. The second-order valence-corrected chi connectivity index (χ2v) is 9.37. The van der Waals surface area contributed by atoms with Crippen LogP contribution in [0.15, 0.2) is 0 Å². The zero-order valence-corrected chi connectivity index (χ0v) is 17.6. The van der Waals surface area contributed by atoms with Gasteiger partial charge >= 0.3 is 37.5 Å². The SMILES string of the molecule is FC(F)(F)OC(F)(F)OC(OC(Cl)(Cl)Cl)(OC(Cl)(Cl)OC(Cl)(Cl)Cl)C(F)(F)F. The van der Waals surface area contributed by atoms with Crippen molar-refractivity contribution in [3.05, 3.63) is 0 Å². The first-order valence-electron chi connectivity index (χ1n) is 5.31. The molecule has 0 rings (SSSR count). The third-order valence-electron chi connectivity index (χ3n) is 1.57. The molecule has 0 aliphatic rings. The summed E-state index contributed by atoms with van der Waals surface area (Å²) in [6.45, 7) is 0. The Morgan fingerprint density at radius 3 is 1.14 bits per heavy atom. The minimum absolute atomic E-state index is 2.06. The molecule has 21 heteroatoms. The maximum absolute atomic E-state index is 13.3. The van der Waals surface area contributed by atoms with Gasteiger partial charge in [0.05, 0.1) is 0 Å². The van der Waals surface area contributed by atoms with Crippen molar-refractivity contribution in [2.24, 2.45) is 0 Å². The van der Waals surface area contributed by atoms with Crippen LogP contribution in [0.5, 0.6) is 0 Å². The van der Waals surface area contributed by atoms with Gasteiger partial charge in [0.25, 0.3) is 0 Å². The summed E-state index contributed by atoms with van der Waals surface area (Å²) in [6.07, 6.45) is -18.9. The summed E-state index contributed by atoms with van der Waals surface area (Å²) in [5, 5.41) is 0. The highest BCUT2D eigenvalue weighted by atomic mass is 35.6. The van der Waals surface area contributed by atoms with Gasteiger partial charge in [0.2, 0.25) is 0 Å². The molecule has 0 bridgehead atoms. The van der Waals surface area contributed by atoms with E-state index in [1.165, 1.54) is 0 Å². The van der Waals surface area contributed by atoms with E-state index in [0.29, 0.717) is 0 Å². The average molecular weight is 600 g/mol. The molecule has 0 aromatic carbocycles. The van der Waals surface area contributed by atoms with Crippen LogP contribution < -0.4 is 0 Å². The van der Waals surface area contributed by atoms with Gasteiger partial charge in [-0.3, -0.25) is 14.2 Å². The third kappa shape index (κ3) is 11.8. The first-order valence-corrected chi connectivity index (χ1v) is 8.34.